The first-order valence-corrected chi connectivity index (χ1v) is 5.70. The molecule has 1 aromatic carbocycles. The van der Waals surface area contributed by atoms with Crippen molar-refractivity contribution in [3.63, 3.8) is 0 Å². The summed E-state index contributed by atoms with van der Waals surface area (Å²) in [5.74, 6) is 0.182. The number of aromatic nitrogens is 1. The summed E-state index contributed by atoms with van der Waals surface area (Å²) in [6, 6.07) is 10.0. The van der Waals surface area contributed by atoms with Crippen LogP contribution in [-0.2, 0) is 6.42 Å². The minimum Gasteiger partial charge on any atom is -0.293 e. The number of carbonyl (C=O) groups is 1. The molecule has 1 aromatic heterocycles. The molecule has 2 rings (SSSR count). The number of hydrogen-bond acceptors (Lipinski definition) is 3. The summed E-state index contributed by atoms with van der Waals surface area (Å²) >= 11 is 1.41. The number of ketones is 1. The van der Waals surface area contributed by atoms with Crippen molar-refractivity contribution in [3.8, 4) is 0 Å². The Balaban J connectivity index is 1.92. The van der Waals surface area contributed by atoms with Crippen molar-refractivity contribution in [2.75, 3.05) is 0 Å². The van der Waals surface area contributed by atoms with E-state index in [0.29, 0.717) is 6.42 Å². The number of rotatable bonds is 4. The lowest BCUT2D eigenvalue weighted by Gasteiger charge is -1.98. The van der Waals surface area contributed by atoms with Crippen LogP contribution in [0.4, 0.5) is 0 Å². The maximum atomic E-state index is 11.6. The van der Waals surface area contributed by atoms with Crippen molar-refractivity contribution in [2.45, 2.75) is 12.8 Å². The SMILES string of the molecule is O=C(CCc1ccccc1)c1cncs1. The normalized spacial score (nSPS) is 10.1. The quantitative estimate of drug-likeness (QED) is 0.737. The molecule has 1 heterocycles. The summed E-state index contributed by atoms with van der Waals surface area (Å²) in [7, 11) is 0. The van der Waals surface area contributed by atoms with Crippen LogP contribution in [0.5, 0.6) is 0 Å². The molecule has 0 amide bonds. The fourth-order valence-corrected chi connectivity index (χ4v) is 1.97. The monoisotopic (exact) mass is 217 g/mol. The number of carbonyl (C=O) groups excluding carboxylic acids is 1. The number of thiazole rings is 1. The fraction of sp³-hybridized carbons (Fsp3) is 0.167. The standard InChI is InChI=1S/C12H11NOS/c14-11(12-8-13-9-15-12)7-6-10-4-2-1-3-5-10/h1-5,8-9H,6-7H2. The highest BCUT2D eigenvalue weighted by Crippen LogP contribution is 2.11. The minimum atomic E-state index is 0.182. The van der Waals surface area contributed by atoms with Gasteiger partial charge in [0.25, 0.3) is 0 Å². The Hall–Kier alpha value is -1.48. The second-order valence-corrected chi connectivity index (χ2v) is 4.16. The van der Waals surface area contributed by atoms with Gasteiger partial charge in [0.1, 0.15) is 0 Å². The predicted octanol–water partition coefficient (Wildman–Crippen LogP) is 2.96. The lowest BCUT2D eigenvalue weighted by molar-refractivity contribution is 0.0986. The van der Waals surface area contributed by atoms with Crippen molar-refractivity contribution < 1.29 is 4.79 Å². The fourth-order valence-electron chi connectivity index (χ4n) is 1.38. The summed E-state index contributed by atoms with van der Waals surface area (Å²) < 4.78 is 0. The van der Waals surface area contributed by atoms with E-state index in [0.717, 1.165) is 11.3 Å². The Morgan fingerprint density at radius 1 is 1.27 bits per heavy atom. The first-order chi connectivity index (χ1) is 7.36. The topological polar surface area (TPSA) is 30.0 Å². The number of Topliss-reactive ketones (excluding diaryl/α,β-unsaturated/α-hetero) is 1. The zero-order valence-corrected chi connectivity index (χ0v) is 9.04. The zero-order chi connectivity index (χ0) is 10.5. The summed E-state index contributed by atoms with van der Waals surface area (Å²) in [5.41, 5.74) is 2.89. The lowest BCUT2D eigenvalue weighted by atomic mass is 10.1. The molecule has 0 radical (unpaired) electrons. The van der Waals surface area contributed by atoms with Crippen molar-refractivity contribution in [2.24, 2.45) is 0 Å². The van der Waals surface area contributed by atoms with Gasteiger partial charge in [0, 0.05) is 12.6 Å². The van der Waals surface area contributed by atoms with Crippen LogP contribution < -0.4 is 0 Å². The van der Waals surface area contributed by atoms with Crippen molar-refractivity contribution in [1.29, 1.82) is 0 Å². The molecule has 0 atom stereocenters. The molecule has 3 heteroatoms. The van der Waals surface area contributed by atoms with Gasteiger partial charge in [-0.1, -0.05) is 30.3 Å². The molecule has 0 saturated carbocycles. The molecule has 76 valence electrons. The van der Waals surface area contributed by atoms with E-state index in [9.17, 15) is 4.79 Å². The first-order valence-electron chi connectivity index (χ1n) is 4.82. The Kier molecular flexibility index (Phi) is 3.25. The average molecular weight is 217 g/mol. The van der Waals surface area contributed by atoms with Crippen LogP contribution >= 0.6 is 11.3 Å². The molecule has 0 spiro atoms. The Bertz CT molecular complexity index is 422. The van der Waals surface area contributed by atoms with Crippen molar-refractivity contribution in [1.82, 2.24) is 4.98 Å². The van der Waals surface area contributed by atoms with Gasteiger partial charge in [-0.2, -0.15) is 0 Å². The summed E-state index contributed by atoms with van der Waals surface area (Å²) in [5, 5.41) is 0. The Morgan fingerprint density at radius 2 is 2.07 bits per heavy atom. The van der Waals surface area contributed by atoms with E-state index >= 15 is 0 Å². The molecule has 2 aromatic rings. The smallest absolute Gasteiger partial charge is 0.174 e. The maximum Gasteiger partial charge on any atom is 0.174 e. The van der Waals surface area contributed by atoms with Gasteiger partial charge in [-0.15, -0.1) is 11.3 Å². The van der Waals surface area contributed by atoms with Gasteiger partial charge < -0.3 is 0 Å². The number of nitrogens with zero attached hydrogens (tertiary/aromatic N) is 1. The molecule has 0 saturated heterocycles. The first kappa shape index (κ1) is 10.1. The highest BCUT2D eigenvalue weighted by atomic mass is 32.1. The summed E-state index contributed by atoms with van der Waals surface area (Å²) in [6.45, 7) is 0. The molecule has 0 N–H and O–H groups in total. The van der Waals surface area contributed by atoms with Crippen molar-refractivity contribution in [3.05, 3.63) is 52.5 Å². The number of hydrogen-bond donors (Lipinski definition) is 0. The van der Waals surface area contributed by atoms with E-state index in [1.807, 2.05) is 30.3 Å². The lowest BCUT2D eigenvalue weighted by Crippen LogP contribution is -1.98. The van der Waals surface area contributed by atoms with Gasteiger partial charge in [0.2, 0.25) is 0 Å². The molecule has 0 bridgehead atoms. The van der Waals surface area contributed by atoms with Crippen LogP contribution in [0.1, 0.15) is 21.7 Å². The highest BCUT2D eigenvalue weighted by Gasteiger charge is 2.06. The van der Waals surface area contributed by atoms with Crippen LogP contribution in [0.2, 0.25) is 0 Å². The van der Waals surface area contributed by atoms with Crippen LogP contribution in [0.15, 0.2) is 42.0 Å². The molecular formula is C12H11NOS. The molecule has 0 unspecified atom stereocenters. The second kappa shape index (κ2) is 4.84. The van der Waals surface area contributed by atoms with Crippen LogP contribution in [0.25, 0.3) is 0 Å². The molecule has 0 fully saturated rings. The van der Waals surface area contributed by atoms with Crippen LogP contribution in [-0.4, -0.2) is 10.8 Å². The molecule has 0 aliphatic carbocycles. The summed E-state index contributed by atoms with van der Waals surface area (Å²) in [6.07, 6.45) is 3.00. The molecule has 0 aliphatic heterocycles. The van der Waals surface area contributed by atoms with Gasteiger partial charge in [0.05, 0.1) is 10.4 Å². The maximum absolute atomic E-state index is 11.6. The largest absolute Gasteiger partial charge is 0.293 e. The van der Waals surface area contributed by atoms with Gasteiger partial charge in [-0.25, -0.2) is 0 Å². The third-order valence-electron chi connectivity index (χ3n) is 2.19. The van der Waals surface area contributed by atoms with Gasteiger partial charge >= 0.3 is 0 Å². The third kappa shape index (κ3) is 2.73. The van der Waals surface area contributed by atoms with E-state index in [2.05, 4.69) is 4.98 Å². The van der Waals surface area contributed by atoms with Gasteiger partial charge in [-0.3, -0.25) is 9.78 Å². The Morgan fingerprint density at radius 3 is 2.73 bits per heavy atom. The van der Waals surface area contributed by atoms with Crippen LogP contribution in [0.3, 0.4) is 0 Å². The van der Waals surface area contributed by atoms with Gasteiger partial charge in [-0.05, 0) is 12.0 Å². The van der Waals surface area contributed by atoms with Crippen LogP contribution in [0, 0.1) is 0 Å². The summed E-state index contributed by atoms with van der Waals surface area (Å²) in [4.78, 5) is 16.3. The van der Waals surface area contributed by atoms with E-state index in [-0.39, 0.29) is 5.78 Å². The number of aryl methyl sites for hydroxylation is 1. The predicted molar refractivity (Wildman–Crippen MR) is 61.2 cm³/mol. The zero-order valence-electron chi connectivity index (χ0n) is 8.22. The molecular weight excluding hydrogens is 206 g/mol. The van der Waals surface area contributed by atoms with E-state index in [1.54, 1.807) is 11.7 Å². The average Bonchev–Trinajstić information content (AvgIpc) is 2.81. The van der Waals surface area contributed by atoms with Gasteiger partial charge in [0.15, 0.2) is 5.78 Å². The molecule has 15 heavy (non-hydrogen) atoms. The van der Waals surface area contributed by atoms with E-state index in [1.165, 1.54) is 16.9 Å². The molecule has 0 aliphatic rings. The highest BCUT2D eigenvalue weighted by molar-refractivity contribution is 7.11. The van der Waals surface area contributed by atoms with E-state index in [4.69, 9.17) is 0 Å². The Labute approximate surface area is 92.6 Å². The van der Waals surface area contributed by atoms with Crippen molar-refractivity contribution >= 4 is 17.1 Å². The molecule has 2 nitrogen and oxygen atoms in total. The second-order valence-electron chi connectivity index (χ2n) is 3.27. The minimum absolute atomic E-state index is 0.182. The number of benzene rings is 1. The third-order valence-corrected chi connectivity index (χ3v) is 3.00. The van der Waals surface area contributed by atoms with E-state index < -0.39 is 0 Å².